The number of fused-ring (bicyclic) bond motifs is 1. The van der Waals surface area contributed by atoms with Gasteiger partial charge in [-0.3, -0.25) is 4.79 Å². The van der Waals surface area contributed by atoms with Crippen molar-refractivity contribution in [2.24, 2.45) is 0 Å². The molecule has 0 aromatic heterocycles. The van der Waals surface area contributed by atoms with E-state index in [1.807, 2.05) is 25.1 Å². The maximum atomic E-state index is 13.4. The number of nitrogens with one attached hydrogen (secondary N) is 2. The van der Waals surface area contributed by atoms with Crippen LogP contribution in [0.15, 0.2) is 102 Å². The van der Waals surface area contributed by atoms with Gasteiger partial charge in [-0.25, -0.2) is 0 Å². The molecule has 3 heterocycles. The predicted octanol–water partition coefficient (Wildman–Crippen LogP) is 5.45. The number of allylic oxidation sites excluding steroid dienone is 4. The molecule has 2 N–H and O–H groups in total. The molecular weight excluding hydrogens is 515 g/mol. The number of amides is 1. The molecule has 1 fully saturated rings. The number of para-hydroxylation sites is 1. The zero-order chi connectivity index (χ0) is 28.1. The fourth-order valence-electron chi connectivity index (χ4n) is 5.22. The molecule has 0 aliphatic carbocycles. The molecule has 1 amide bonds. The molecule has 2 aromatic rings. The second kappa shape index (κ2) is 11.9. The molecule has 5 rings (SSSR count). The summed E-state index contributed by atoms with van der Waals surface area (Å²) in [5.74, 6) is -0.341. The topological polar surface area (TPSA) is 50.9 Å². The van der Waals surface area contributed by atoms with Crippen LogP contribution in [0.25, 0.3) is 0 Å². The van der Waals surface area contributed by atoms with E-state index in [1.165, 1.54) is 11.9 Å². The number of carbonyl (C=O) groups excluding carboxylic acids is 1. The summed E-state index contributed by atoms with van der Waals surface area (Å²) in [6.45, 7) is 6.52. The van der Waals surface area contributed by atoms with Crippen LogP contribution in [0.2, 0.25) is 0 Å². The smallest absolute Gasteiger partial charge is 0.386 e. The van der Waals surface area contributed by atoms with Crippen LogP contribution in [0.3, 0.4) is 0 Å². The molecule has 0 spiro atoms. The second-order valence-corrected chi connectivity index (χ2v) is 9.97. The lowest BCUT2D eigenvalue weighted by Gasteiger charge is -2.37. The Morgan fingerprint density at radius 1 is 0.950 bits per heavy atom. The van der Waals surface area contributed by atoms with Gasteiger partial charge in [-0.15, -0.1) is 0 Å². The van der Waals surface area contributed by atoms with Crippen LogP contribution in [0.4, 0.5) is 24.5 Å². The summed E-state index contributed by atoms with van der Waals surface area (Å²) >= 11 is 0. The Balaban J connectivity index is 1.23. The number of rotatable bonds is 6. The van der Waals surface area contributed by atoms with Gasteiger partial charge in [0.1, 0.15) is 5.70 Å². The van der Waals surface area contributed by atoms with E-state index in [9.17, 15) is 18.0 Å². The van der Waals surface area contributed by atoms with Gasteiger partial charge in [0.25, 0.3) is 5.91 Å². The van der Waals surface area contributed by atoms with Gasteiger partial charge in [0.2, 0.25) is 0 Å². The molecule has 9 heteroatoms. The summed E-state index contributed by atoms with van der Waals surface area (Å²) in [4.78, 5) is 19.7. The van der Waals surface area contributed by atoms with E-state index in [2.05, 4.69) is 56.8 Å². The molecule has 0 bridgehead atoms. The van der Waals surface area contributed by atoms with Gasteiger partial charge in [-0.2, -0.15) is 13.2 Å². The van der Waals surface area contributed by atoms with E-state index < -0.39 is 11.7 Å². The number of piperazine rings is 1. The first kappa shape index (κ1) is 27.4. The van der Waals surface area contributed by atoms with E-state index in [-0.39, 0.29) is 5.91 Å². The molecular formula is C31H34F3N5O. The molecule has 3 aliphatic heterocycles. The van der Waals surface area contributed by atoms with Crippen LogP contribution in [0, 0.1) is 0 Å². The summed E-state index contributed by atoms with van der Waals surface area (Å²) < 4.78 is 40.0. The number of hydrogen-bond donors (Lipinski definition) is 2. The highest BCUT2D eigenvalue weighted by atomic mass is 19.4. The number of nitrogens with zero attached hydrogens (tertiary/aromatic N) is 3. The lowest BCUT2D eigenvalue weighted by Crippen LogP contribution is -2.46. The third kappa shape index (κ3) is 6.19. The van der Waals surface area contributed by atoms with Crippen molar-refractivity contribution in [3.63, 3.8) is 0 Å². The second-order valence-electron chi connectivity index (χ2n) is 9.97. The van der Waals surface area contributed by atoms with Crippen molar-refractivity contribution < 1.29 is 18.0 Å². The highest BCUT2D eigenvalue weighted by Gasteiger charge is 2.35. The van der Waals surface area contributed by atoms with E-state index in [0.717, 1.165) is 49.6 Å². The SMILES string of the molecule is CC/C1=C(\C(=O)NCc2ccc(N3CCN(c4ccccc4)CC3)cc2)N2C=CC(C(F)(F)F)=C/C2=C\CCN1. The number of halogens is 3. The minimum absolute atomic E-state index is 0.307. The summed E-state index contributed by atoms with van der Waals surface area (Å²) in [6.07, 6.45) is 1.81. The maximum absolute atomic E-state index is 13.4. The van der Waals surface area contributed by atoms with Crippen LogP contribution in [-0.4, -0.2) is 49.7 Å². The quantitative estimate of drug-likeness (QED) is 0.502. The standard InChI is InChI=1S/C31H34F3N5O/c1-2-28-29(39-16-14-24(31(32,33)34)21-27(39)9-6-15-35-28)30(40)36-22-23-10-12-26(13-11-23)38-19-17-37(18-20-38)25-7-4-3-5-8-25/h3-5,7-14,16,21,35H,2,6,15,17-20,22H2,1H3,(H,36,40)/b27-9+,29-28-. The third-order valence-electron chi connectivity index (χ3n) is 7.40. The highest BCUT2D eigenvalue weighted by molar-refractivity contribution is 5.94. The fraction of sp³-hybridized carbons (Fsp3) is 0.323. The minimum Gasteiger partial charge on any atom is -0.386 e. The largest absolute Gasteiger partial charge is 0.416 e. The van der Waals surface area contributed by atoms with Gasteiger partial charge in [0.15, 0.2) is 0 Å². The van der Waals surface area contributed by atoms with Crippen molar-refractivity contribution in [2.45, 2.75) is 32.5 Å². The molecule has 2 aromatic carbocycles. The Morgan fingerprint density at radius 2 is 1.60 bits per heavy atom. The molecule has 1 saturated heterocycles. The zero-order valence-corrected chi connectivity index (χ0v) is 22.5. The minimum atomic E-state index is -4.45. The van der Waals surface area contributed by atoms with Crippen LogP contribution in [0.1, 0.15) is 25.3 Å². The summed E-state index contributed by atoms with van der Waals surface area (Å²) in [5.41, 5.74) is 3.96. The summed E-state index contributed by atoms with van der Waals surface area (Å²) in [5, 5.41) is 6.25. The molecule has 0 radical (unpaired) electrons. The van der Waals surface area contributed by atoms with Crippen LogP contribution in [-0.2, 0) is 11.3 Å². The maximum Gasteiger partial charge on any atom is 0.416 e. The van der Waals surface area contributed by atoms with Gasteiger partial charge >= 0.3 is 6.18 Å². The Morgan fingerprint density at radius 3 is 2.23 bits per heavy atom. The van der Waals surface area contributed by atoms with Gasteiger partial charge in [0, 0.05) is 68.2 Å². The van der Waals surface area contributed by atoms with Crippen molar-refractivity contribution in [1.29, 1.82) is 0 Å². The van der Waals surface area contributed by atoms with Gasteiger partial charge < -0.3 is 25.3 Å². The highest BCUT2D eigenvalue weighted by Crippen LogP contribution is 2.34. The fourth-order valence-corrected chi connectivity index (χ4v) is 5.22. The molecule has 0 saturated carbocycles. The van der Waals surface area contributed by atoms with Crippen molar-refractivity contribution in [2.75, 3.05) is 42.5 Å². The van der Waals surface area contributed by atoms with Crippen LogP contribution < -0.4 is 20.4 Å². The number of anilines is 2. The zero-order valence-electron chi connectivity index (χ0n) is 22.5. The Bertz CT molecular complexity index is 1320. The number of hydrogen-bond acceptors (Lipinski definition) is 5. The summed E-state index contributed by atoms with van der Waals surface area (Å²) in [7, 11) is 0. The Kier molecular flexibility index (Phi) is 8.19. The van der Waals surface area contributed by atoms with Crippen molar-refractivity contribution >= 4 is 17.3 Å². The van der Waals surface area contributed by atoms with E-state index in [1.54, 1.807) is 11.0 Å². The van der Waals surface area contributed by atoms with Crippen LogP contribution >= 0.6 is 0 Å². The first-order valence-electron chi connectivity index (χ1n) is 13.7. The average Bonchev–Trinajstić information content (AvgIpc) is 2.96. The third-order valence-corrected chi connectivity index (χ3v) is 7.40. The van der Waals surface area contributed by atoms with E-state index >= 15 is 0 Å². The van der Waals surface area contributed by atoms with Crippen molar-refractivity contribution in [3.05, 3.63) is 107 Å². The summed E-state index contributed by atoms with van der Waals surface area (Å²) in [6, 6.07) is 18.6. The van der Waals surface area contributed by atoms with Gasteiger partial charge in [0.05, 0.1) is 5.57 Å². The lowest BCUT2D eigenvalue weighted by atomic mass is 10.1. The Labute approximate surface area is 233 Å². The molecule has 6 nitrogen and oxygen atoms in total. The number of carbonyl (C=O) groups is 1. The Hall–Kier alpha value is -4.14. The normalized spacial score (nSPS) is 20.9. The van der Waals surface area contributed by atoms with Gasteiger partial charge in [-0.1, -0.05) is 43.3 Å². The number of alkyl halides is 3. The first-order chi connectivity index (χ1) is 19.3. The lowest BCUT2D eigenvalue weighted by molar-refractivity contribution is -0.118. The molecule has 3 aliphatic rings. The predicted molar refractivity (Wildman–Crippen MR) is 152 cm³/mol. The molecule has 210 valence electrons. The van der Waals surface area contributed by atoms with Gasteiger partial charge in [-0.05, 0) is 54.8 Å². The molecule has 0 unspecified atom stereocenters. The van der Waals surface area contributed by atoms with E-state index in [4.69, 9.17) is 0 Å². The van der Waals surface area contributed by atoms with E-state index in [0.29, 0.717) is 43.0 Å². The molecule has 40 heavy (non-hydrogen) atoms. The van der Waals surface area contributed by atoms with Crippen molar-refractivity contribution in [1.82, 2.24) is 15.5 Å². The van der Waals surface area contributed by atoms with Crippen molar-refractivity contribution in [3.8, 4) is 0 Å². The average molecular weight is 550 g/mol. The van der Waals surface area contributed by atoms with Crippen LogP contribution in [0.5, 0.6) is 0 Å². The first-order valence-corrected chi connectivity index (χ1v) is 13.7. The molecule has 0 atom stereocenters. The number of benzene rings is 2. The monoisotopic (exact) mass is 549 g/mol.